The van der Waals surface area contributed by atoms with Crippen molar-refractivity contribution in [3.8, 4) is 6.07 Å². The van der Waals surface area contributed by atoms with Gasteiger partial charge in [-0.1, -0.05) is 0 Å². The van der Waals surface area contributed by atoms with Gasteiger partial charge in [-0.05, 0) is 24.5 Å². The van der Waals surface area contributed by atoms with E-state index < -0.39 is 11.8 Å². The first-order chi connectivity index (χ1) is 18.5. The molecule has 2 aromatic heterocycles. The number of aromatic nitrogens is 2. The van der Waals surface area contributed by atoms with Crippen LogP contribution in [0.4, 0.5) is 26.5 Å². The van der Waals surface area contributed by atoms with E-state index in [0.717, 1.165) is 5.56 Å². The zero-order chi connectivity index (χ0) is 27.1. The number of carbonyl (C=O) groups excluding carboxylic acids is 3. The molecule has 0 atom stereocenters. The molecular formula is C25H26FN7O5. The Morgan fingerprint density at radius 1 is 1.39 bits per heavy atom. The van der Waals surface area contributed by atoms with Gasteiger partial charge in [0.05, 0.1) is 31.1 Å². The van der Waals surface area contributed by atoms with Crippen molar-refractivity contribution in [3.05, 3.63) is 46.2 Å². The Bertz CT molecular complexity index is 1320. The van der Waals surface area contributed by atoms with Gasteiger partial charge in [-0.2, -0.15) is 5.26 Å². The lowest BCUT2D eigenvalue weighted by Gasteiger charge is -2.31. The van der Waals surface area contributed by atoms with E-state index in [1.54, 1.807) is 4.90 Å². The van der Waals surface area contributed by atoms with Crippen molar-refractivity contribution in [1.82, 2.24) is 14.9 Å². The summed E-state index contributed by atoms with van der Waals surface area (Å²) in [6.07, 6.45) is 3.01. The first-order valence-corrected chi connectivity index (χ1v) is 11.9. The van der Waals surface area contributed by atoms with Gasteiger partial charge in [-0.3, -0.25) is 15.0 Å². The Morgan fingerprint density at radius 3 is 2.97 bits per heavy atom. The summed E-state index contributed by atoms with van der Waals surface area (Å²) >= 11 is 0. The number of aryl methyl sites for hydroxylation is 1. The van der Waals surface area contributed by atoms with E-state index in [2.05, 4.69) is 20.6 Å². The van der Waals surface area contributed by atoms with Crippen LogP contribution in [0, 0.1) is 17.1 Å². The standard InChI is InChI=1S/C25H26FN7O5/c1-37-7-4-28-22-18(10-27)11-29-23(21(22)26)31-25(36)33-5-2-3-16-9-17(20(14-35)30-24(16)33)12-32-6-8-38-15-19(32)13-34/h9,11,14H,2-8,12,15H2,1H3,(H2,28,29,31,36). The second-order valence-corrected chi connectivity index (χ2v) is 8.58. The van der Waals surface area contributed by atoms with E-state index in [1.165, 1.54) is 18.2 Å². The number of methoxy groups -OCH3 is 1. The van der Waals surface area contributed by atoms with E-state index >= 15 is 4.39 Å². The summed E-state index contributed by atoms with van der Waals surface area (Å²) in [5, 5.41) is 14.5. The number of nitrogens with zero attached hydrogens (tertiary/aromatic N) is 5. The van der Waals surface area contributed by atoms with Gasteiger partial charge in [-0.25, -0.2) is 23.9 Å². The molecule has 0 aromatic carbocycles. The molecule has 198 valence electrons. The number of carbonyl (C=O) groups is 2. The van der Waals surface area contributed by atoms with Crippen molar-refractivity contribution in [1.29, 1.82) is 5.26 Å². The molecule has 4 rings (SSSR count). The van der Waals surface area contributed by atoms with Gasteiger partial charge in [0.25, 0.3) is 0 Å². The quantitative estimate of drug-likeness (QED) is 0.298. The number of hydrogen-bond acceptors (Lipinski definition) is 10. The van der Waals surface area contributed by atoms with Crippen LogP contribution in [0.3, 0.4) is 0 Å². The van der Waals surface area contributed by atoms with Crippen LogP contribution in [0.25, 0.3) is 0 Å². The predicted molar refractivity (Wildman–Crippen MR) is 134 cm³/mol. The first-order valence-electron chi connectivity index (χ1n) is 11.9. The van der Waals surface area contributed by atoms with Gasteiger partial charge in [0.1, 0.15) is 29.2 Å². The minimum atomic E-state index is -0.882. The van der Waals surface area contributed by atoms with Crippen LogP contribution >= 0.6 is 0 Å². The third-order valence-electron chi connectivity index (χ3n) is 6.21. The number of fused-ring (bicyclic) bond motifs is 1. The number of hydrogen-bond donors (Lipinski definition) is 2. The Kier molecular flexibility index (Phi) is 8.60. The van der Waals surface area contributed by atoms with E-state index in [4.69, 9.17) is 9.47 Å². The lowest BCUT2D eigenvalue weighted by atomic mass is 10.0. The highest BCUT2D eigenvalue weighted by molar-refractivity contribution is 6.02. The Hall–Kier alpha value is -4.37. The molecule has 2 aliphatic heterocycles. The second-order valence-electron chi connectivity index (χ2n) is 8.58. The summed E-state index contributed by atoms with van der Waals surface area (Å²) < 4.78 is 25.4. The van der Waals surface area contributed by atoms with Gasteiger partial charge >= 0.3 is 6.03 Å². The molecule has 2 aromatic rings. The molecule has 1 saturated heterocycles. The molecule has 0 aliphatic carbocycles. The fourth-order valence-corrected chi connectivity index (χ4v) is 4.31. The van der Waals surface area contributed by atoms with Crippen molar-refractivity contribution in [2.75, 3.05) is 62.1 Å². The van der Waals surface area contributed by atoms with Crippen molar-refractivity contribution >= 4 is 35.6 Å². The van der Waals surface area contributed by atoms with Gasteiger partial charge in [0.2, 0.25) is 0 Å². The van der Waals surface area contributed by atoms with Gasteiger partial charge in [-0.15, -0.1) is 0 Å². The lowest BCUT2D eigenvalue weighted by Crippen LogP contribution is -2.40. The van der Waals surface area contributed by atoms with E-state index in [9.17, 15) is 19.6 Å². The molecule has 0 saturated carbocycles. The highest BCUT2D eigenvalue weighted by Crippen LogP contribution is 2.30. The average molecular weight is 524 g/mol. The largest absolute Gasteiger partial charge is 0.383 e. The fourth-order valence-electron chi connectivity index (χ4n) is 4.31. The zero-order valence-electron chi connectivity index (χ0n) is 20.8. The van der Waals surface area contributed by atoms with Gasteiger partial charge in [0.15, 0.2) is 17.9 Å². The van der Waals surface area contributed by atoms with Crippen LogP contribution in [0.5, 0.6) is 0 Å². The van der Waals surface area contributed by atoms with E-state index in [1.807, 2.05) is 18.1 Å². The molecule has 0 bridgehead atoms. The number of nitrogens with one attached hydrogen (secondary N) is 2. The van der Waals surface area contributed by atoms with Crippen molar-refractivity contribution in [3.63, 3.8) is 0 Å². The van der Waals surface area contributed by atoms with Crippen LogP contribution < -0.4 is 15.5 Å². The number of rotatable bonds is 8. The number of halogens is 1. The normalized spacial score (nSPS) is 14.8. The third kappa shape index (κ3) is 5.63. The van der Waals surface area contributed by atoms with Crippen LogP contribution in [-0.2, 0) is 27.2 Å². The second kappa shape index (κ2) is 12.2. The molecule has 2 aliphatic rings. The molecule has 13 heteroatoms. The number of aldehydes is 1. The average Bonchev–Trinajstić information content (AvgIpc) is 2.94. The number of nitriles is 1. The van der Waals surface area contributed by atoms with Crippen molar-refractivity contribution in [2.24, 2.45) is 0 Å². The highest BCUT2D eigenvalue weighted by Gasteiger charge is 2.28. The topological polar surface area (TPSA) is 150 Å². The Labute approximate surface area is 218 Å². The molecule has 38 heavy (non-hydrogen) atoms. The summed E-state index contributed by atoms with van der Waals surface area (Å²) in [7, 11) is 1.49. The summed E-state index contributed by atoms with van der Waals surface area (Å²) in [6, 6.07) is 3.00. The minimum Gasteiger partial charge on any atom is -0.383 e. The van der Waals surface area contributed by atoms with Crippen LogP contribution in [0.1, 0.15) is 33.6 Å². The molecule has 4 heterocycles. The molecular weight excluding hydrogens is 497 g/mol. The van der Waals surface area contributed by atoms with Crippen molar-refractivity contribution in [2.45, 2.75) is 19.4 Å². The van der Waals surface area contributed by atoms with Crippen LogP contribution in [-0.4, -0.2) is 79.7 Å². The molecule has 2 N–H and O–H groups in total. The number of ether oxygens (including phenoxy) is 2. The monoisotopic (exact) mass is 523 g/mol. The van der Waals surface area contributed by atoms with Crippen LogP contribution in [0.15, 0.2) is 18.0 Å². The van der Waals surface area contributed by atoms with Gasteiger partial charge < -0.3 is 19.7 Å². The molecule has 12 nitrogen and oxygen atoms in total. The molecule has 0 spiro atoms. The summed E-state index contributed by atoms with van der Waals surface area (Å²) in [5.74, 6) is 0.938. The first kappa shape index (κ1) is 26.7. The van der Waals surface area contributed by atoms with Gasteiger partial charge in [0, 0.05) is 45.0 Å². The summed E-state index contributed by atoms with van der Waals surface area (Å²) in [5.41, 5.74) is 1.74. The number of urea groups is 1. The third-order valence-corrected chi connectivity index (χ3v) is 6.21. The molecule has 2 amide bonds. The van der Waals surface area contributed by atoms with Crippen LogP contribution in [0.2, 0.25) is 0 Å². The SMILES string of the molecule is COCCNc1c(C#N)cnc(NC(=O)N2CCCc3cc(CN4CCOCC4=C=O)c(C=O)nc32)c1F. The number of pyridine rings is 2. The zero-order valence-corrected chi connectivity index (χ0v) is 20.8. The Morgan fingerprint density at radius 2 is 2.24 bits per heavy atom. The predicted octanol–water partition coefficient (Wildman–Crippen LogP) is 1.89. The number of morpholine rings is 1. The van der Waals surface area contributed by atoms with E-state index in [-0.39, 0.29) is 49.1 Å². The molecule has 1 fully saturated rings. The summed E-state index contributed by atoms with van der Waals surface area (Å²) in [4.78, 5) is 47.9. The lowest BCUT2D eigenvalue weighted by molar-refractivity contribution is 0.0718. The minimum absolute atomic E-state index is 0.0161. The smallest absolute Gasteiger partial charge is 0.328 e. The number of amides is 2. The fraction of sp³-hybridized carbons (Fsp3) is 0.400. The number of anilines is 3. The van der Waals surface area contributed by atoms with Crippen molar-refractivity contribution < 1.29 is 28.2 Å². The van der Waals surface area contributed by atoms with E-state index in [0.29, 0.717) is 55.9 Å². The Balaban J connectivity index is 1.58. The maximum Gasteiger partial charge on any atom is 0.328 e. The molecule has 0 unspecified atom stereocenters. The maximum absolute atomic E-state index is 15.2. The highest BCUT2D eigenvalue weighted by atomic mass is 19.1. The maximum atomic E-state index is 15.2. The molecule has 0 radical (unpaired) electrons. The summed E-state index contributed by atoms with van der Waals surface area (Å²) in [6.45, 7) is 2.15.